The second kappa shape index (κ2) is 7.38. The summed E-state index contributed by atoms with van der Waals surface area (Å²) in [4.78, 5) is 16.0. The summed E-state index contributed by atoms with van der Waals surface area (Å²) in [5.74, 6) is 0.103. The first kappa shape index (κ1) is 16.5. The molecule has 0 aromatic carbocycles. The van der Waals surface area contributed by atoms with Crippen LogP contribution in [0.25, 0.3) is 0 Å². The topological polar surface area (TPSA) is 66.9 Å². The highest BCUT2D eigenvalue weighted by Gasteiger charge is 2.33. The van der Waals surface area contributed by atoms with E-state index in [0.29, 0.717) is 13.0 Å². The van der Waals surface area contributed by atoms with E-state index < -0.39 is 9.84 Å². The molecular weight excluding hydrogens is 292 g/mol. The van der Waals surface area contributed by atoms with Crippen molar-refractivity contribution in [2.24, 2.45) is 0 Å². The van der Waals surface area contributed by atoms with E-state index in [9.17, 15) is 13.2 Å². The molecule has 2 saturated heterocycles. The monoisotopic (exact) mass is 316 g/mol. The quantitative estimate of drug-likeness (QED) is 0.641. The molecule has 1 amide bonds. The minimum absolute atomic E-state index is 0.0874. The number of nitrogens with zero attached hydrogens (tertiary/aromatic N) is 2. The Balaban J connectivity index is 1.85. The summed E-state index contributed by atoms with van der Waals surface area (Å²) in [5.41, 5.74) is 0. The van der Waals surface area contributed by atoms with E-state index in [2.05, 4.69) is 11.5 Å². The number of carbonyl (C=O) groups excluding carboxylic acids is 1. The second-order valence-electron chi connectivity index (χ2n) is 5.60. The standard InChI is InChI=1S/C14H24N2O4S/c1-2-14(17)16(13-4-11-21(18,19)12-13)6-3-5-15-7-9-20-10-8-15/h2,13H,1,3-12H2. The van der Waals surface area contributed by atoms with Crippen LogP contribution in [0.5, 0.6) is 0 Å². The van der Waals surface area contributed by atoms with Crippen LogP contribution in [0, 0.1) is 0 Å². The van der Waals surface area contributed by atoms with Gasteiger partial charge in [-0.25, -0.2) is 8.42 Å². The number of carbonyl (C=O) groups is 1. The lowest BCUT2D eigenvalue weighted by Gasteiger charge is -2.30. The van der Waals surface area contributed by atoms with Crippen molar-refractivity contribution in [3.63, 3.8) is 0 Å². The number of hydrogen-bond donors (Lipinski definition) is 0. The Morgan fingerprint density at radius 2 is 2.10 bits per heavy atom. The Hall–Kier alpha value is -0.920. The van der Waals surface area contributed by atoms with Crippen LogP contribution in [0.4, 0.5) is 0 Å². The smallest absolute Gasteiger partial charge is 0.246 e. The molecular formula is C14H24N2O4S. The molecule has 0 radical (unpaired) electrons. The molecule has 7 heteroatoms. The zero-order chi connectivity index (χ0) is 15.3. The number of sulfone groups is 1. The van der Waals surface area contributed by atoms with Crippen LogP contribution < -0.4 is 0 Å². The van der Waals surface area contributed by atoms with Crippen molar-refractivity contribution in [2.45, 2.75) is 18.9 Å². The summed E-state index contributed by atoms with van der Waals surface area (Å²) in [5, 5.41) is 0. The molecule has 0 aromatic heterocycles. The molecule has 2 aliphatic heterocycles. The predicted octanol–water partition coefficient (Wildman–Crippen LogP) is -0.0896. The van der Waals surface area contributed by atoms with E-state index in [4.69, 9.17) is 4.74 Å². The lowest BCUT2D eigenvalue weighted by Crippen LogP contribution is -2.43. The summed E-state index contributed by atoms with van der Waals surface area (Å²) >= 11 is 0. The lowest BCUT2D eigenvalue weighted by molar-refractivity contribution is -0.127. The molecule has 1 atom stereocenters. The molecule has 6 nitrogen and oxygen atoms in total. The average Bonchev–Trinajstić information content (AvgIpc) is 2.84. The van der Waals surface area contributed by atoms with Crippen molar-refractivity contribution in [1.29, 1.82) is 0 Å². The van der Waals surface area contributed by atoms with Gasteiger partial charge in [-0.15, -0.1) is 0 Å². The first-order valence-electron chi connectivity index (χ1n) is 7.45. The van der Waals surface area contributed by atoms with Gasteiger partial charge >= 0.3 is 0 Å². The van der Waals surface area contributed by atoms with Crippen LogP contribution >= 0.6 is 0 Å². The number of morpholine rings is 1. The third-order valence-corrected chi connectivity index (χ3v) is 5.83. The van der Waals surface area contributed by atoms with E-state index in [1.165, 1.54) is 6.08 Å². The van der Waals surface area contributed by atoms with Gasteiger partial charge in [-0.2, -0.15) is 0 Å². The van der Waals surface area contributed by atoms with E-state index in [1.807, 2.05) is 0 Å². The first-order valence-corrected chi connectivity index (χ1v) is 9.27. The van der Waals surface area contributed by atoms with Crippen LogP contribution in [0.1, 0.15) is 12.8 Å². The molecule has 0 spiro atoms. The van der Waals surface area contributed by atoms with E-state index >= 15 is 0 Å². The number of ether oxygens (including phenoxy) is 1. The third kappa shape index (κ3) is 4.79. The SMILES string of the molecule is C=CC(=O)N(CCCN1CCOCC1)C1CCS(=O)(=O)C1. The van der Waals surface area contributed by atoms with Gasteiger partial charge in [-0.3, -0.25) is 9.69 Å². The summed E-state index contributed by atoms with van der Waals surface area (Å²) in [6.45, 7) is 8.38. The number of rotatable bonds is 6. The Bertz CT molecular complexity index is 471. The van der Waals surface area contributed by atoms with Crippen molar-refractivity contribution >= 4 is 15.7 Å². The molecule has 0 saturated carbocycles. The van der Waals surface area contributed by atoms with Gasteiger partial charge in [0.1, 0.15) is 0 Å². The van der Waals surface area contributed by atoms with E-state index in [1.54, 1.807) is 4.90 Å². The van der Waals surface area contributed by atoms with Crippen molar-refractivity contribution in [3.8, 4) is 0 Å². The Morgan fingerprint density at radius 3 is 2.67 bits per heavy atom. The van der Waals surface area contributed by atoms with Gasteiger partial charge in [0.25, 0.3) is 0 Å². The largest absolute Gasteiger partial charge is 0.379 e. The molecule has 21 heavy (non-hydrogen) atoms. The average molecular weight is 316 g/mol. The highest BCUT2D eigenvalue weighted by Crippen LogP contribution is 2.18. The molecule has 0 N–H and O–H groups in total. The summed E-state index contributed by atoms with van der Waals surface area (Å²) < 4.78 is 28.5. The molecule has 2 heterocycles. The Morgan fingerprint density at radius 1 is 1.38 bits per heavy atom. The zero-order valence-electron chi connectivity index (χ0n) is 12.4. The fraction of sp³-hybridized carbons (Fsp3) is 0.786. The van der Waals surface area contributed by atoms with Gasteiger partial charge in [0.15, 0.2) is 9.84 Å². The predicted molar refractivity (Wildman–Crippen MR) is 80.8 cm³/mol. The maximum absolute atomic E-state index is 12.0. The lowest BCUT2D eigenvalue weighted by atomic mass is 10.2. The van der Waals surface area contributed by atoms with Crippen LogP contribution in [0.3, 0.4) is 0 Å². The van der Waals surface area contributed by atoms with Crippen molar-refractivity contribution in [2.75, 3.05) is 50.9 Å². The van der Waals surface area contributed by atoms with Crippen LogP contribution in [0.2, 0.25) is 0 Å². The molecule has 2 rings (SSSR count). The molecule has 120 valence electrons. The fourth-order valence-electron chi connectivity index (χ4n) is 2.90. The van der Waals surface area contributed by atoms with Crippen molar-refractivity contribution < 1.29 is 17.9 Å². The molecule has 2 aliphatic rings. The van der Waals surface area contributed by atoms with Crippen LogP contribution in [0.15, 0.2) is 12.7 Å². The summed E-state index contributed by atoms with van der Waals surface area (Å²) in [7, 11) is -2.98. The Kier molecular flexibility index (Phi) is 5.78. The summed E-state index contributed by atoms with van der Waals surface area (Å²) in [6.07, 6.45) is 2.66. The van der Waals surface area contributed by atoms with Crippen molar-refractivity contribution in [3.05, 3.63) is 12.7 Å². The van der Waals surface area contributed by atoms with E-state index in [0.717, 1.165) is 39.3 Å². The highest BCUT2D eigenvalue weighted by molar-refractivity contribution is 7.91. The maximum Gasteiger partial charge on any atom is 0.246 e. The summed E-state index contributed by atoms with van der Waals surface area (Å²) in [6, 6.07) is -0.190. The van der Waals surface area contributed by atoms with Crippen LogP contribution in [-0.2, 0) is 19.4 Å². The molecule has 0 aliphatic carbocycles. The highest BCUT2D eigenvalue weighted by atomic mass is 32.2. The molecule has 0 aromatic rings. The van der Waals surface area contributed by atoms with Gasteiger partial charge in [-0.05, 0) is 18.9 Å². The minimum atomic E-state index is -2.98. The minimum Gasteiger partial charge on any atom is -0.379 e. The van der Waals surface area contributed by atoms with Gasteiger partial charge in [0.05, 0.1) is 24.7 Å². The van der Waals surface area contributed by atoms with Gasteiger partial charge in [0.2, 0.25) is 5.91 Å². The number of hydrogen-bond acceptors (Lipinski definition) is 5. The van der Waals surface area contributed by atoms with Gasteiger partial charge in [0, 0.05) is 32.2 Å². The number of amides is 1. The second-order valence-corrected chi connectivity index (χ2v) is 7.83. The third-order valence-electron chi connectivity index (χ3n) is 4.08. The molecule has 1 unspecified atom stereocenters. The fourth-order valence-corrected chi connectivity index (χ4v) is 4.63. The molecule has 2 fully saturated rings. The van der Waals surface area contributed by atoms with Gasteiger partial charge < -0.3 is 9.64 Å². The van der Waals surface area contributed by atoms with Crippen molar-refractivity contribution in [1.82, 2.24) is 9.80 Å². The first-order chi connectivity index (χ1) is 10.0. The zero-order valence-corrected chi connectivity index (χ0v) is 13.2. The Labute approximate surface area is 126 Å². The molecule has 0 bridgehead atoms. The van der Waals surface area contributed by atoms with Gasteiger partial charge in [-0.1, -0.05) is 6.58 Å². The van der Waals surface area contributed by atoms with E-state index in [-0.39, 0.29) is 23.5 Å². The van der Waals surface area contributed by atoms with Crippen LogP contribution in [-0.4, -0.2) is 81.1 Å². The maximum atomic E-state index is 12.0. The normalized spacial score (nSPS) is 25.6.